The molecule has 1 aliphatic rings. The third-order valence-electron chi connectivity index (χ3n) is 3.57. The van der Waals surface area contributed by atoms with Crippen LogP contribution in [0.2, 0.25) is 5.02 Å². The second-order valence-corrected chi connectivity index (χ2v) is 6.05. The van der Waals surface area contributed by atoms with Gasteiger partial charge >= 0.3 is 0 Å². The maximum absolute atomic E-state index is 12.4. The quantitative estimate of drug-likeness (QED) is 0.433. The van der Waals surface area contributed by atoms with Crippen LogP contribution in [0.3, 0.4) is 0 Å². The Morgan fingerprint density at radius 2 is 1.85 bits per heavy atom. The molecule has 0 aliphatic carbocycles. The third kappa shape index (κ3) is 3.79. The van der Waals surface area contributed by atoms with E-state index in [1.54, 1.807) is 13.0 Å². The second-order valence-electron chi connectivity index (χ2n) is 5.28. The highest BCUT2D eigenvalue weighted by Crippen LogP contribution is 2.37. The van der Waals surface area contributed by atoms with E-state index in [1.165, 1.54) is 36.0 Å². The van der Waals surface area contributed by atoms with Gasteiger partial charge in [0.1, 0.15) is 11.6 Å². The summed E-state index contributed by atoms with van der Waals surface area (Å²) in [5.74, 6) is -0.460. The molecule has 0 bridgehead atoms. The number of rotatable bonds is 5. The smallest absolute Gasteiger partial charge is 0.265 e. The summed E-state index contributed by atoms with van der Waals surface area (Å²) in [5, 5.41) is 9.01. The van der Waals surface area contributed by atoms with Crippen LogP contribution < -0.4 is 9.47 Å². The summed E-state index contributed by atoms with van der Waals surface area (Å²) in [5.41, 5.74) is 0.432. The minimum Gasteiger partial charge on any atom is -0.490 e. The molecule has 1 aliphatic heterocycles. The highest BCUT2D eigenvalue weighted by atomic mass is 35.5. The van der Waals surface area contributed by atoms with Crippen molar-refractivity contribution < 1.29 is 19.1 Å². The van der Waals surface area contributed by atoms with Crippen molar-refractivity contribution in [2.45, 2.75) is 6.92 Å². The lowest BCUT2D eigenvalue weighted by molar-refractivity contribution is -0.132. The Labute approximate surface area is 161 Å². The van der Waals surface area contributed by atoms with Crippen molar-refractivity contribution in [2.24, 2.45) is 0 Å². The van der Waals surface area contributed by atoms with Crippen LogP contribution in [0, 0.1) is 11.3 Å². The Hall–Kier alpha value is -2.63. The van der Waals surface area contributed by atoms with E-state index in [-0.39, 0.29) is 28.1 Å². The van der Waals surface area contributed by atoms with Crippen molar-refractivity contribution in [3.05, 3.63) is 28.3 Å². The van der Waals surface area contributed by atoms with Gasteiger partial charge in [0.25, 0.3) is 11.8 Å². The molecule has 0 N–H and O–H groups in total. The number of benzene rings is 1. The summed E-state index contributed by atoms with van der Waals surface area (Å²) in [6.45, 7) is 1.94. The molecule has 9 heteroatoms. The summed E-state index contributed by atoms with van der Waals surface area (Å²) in [6, 6.07) is 4.97. The van der Waals surface area contributed by atoms with Gasteiger partial charge < -0.3 is 9.47 Å². The van der Waals surface area contributed by atoms with Gasteiger partial charge in [0.05, 0.1) is 11.6 Å². The minimum absolute atomic E-state index is 0.0483. The molecule has 2 rings (SSSR count). The molecule has 0 aromatic heterocycles. The SMILES string of the molecule is CCOc1cc(C=C2C(=O)N(C)C(=S)N(C)C2=O)cc(Cl)c1OCC#N. The van der Waals surface area contributed by atoms with Crippen molar-refractivity contribution in [3.8, 4) is 17.6 Å². The van der Waals surface area contributed by atoms with Gasteiger partial charge in [0.15, 0.2) is 23.2 Å². The zero-order valence-corrected chi connectivity index (χ0v) is 16.0. The van der Waals surface area contributed by atoms with Crippen LogP contribution in [-0.2, 0) is 9.59 Å². The molecule has 1 heterocycles. The zero-order valence-electron chi connectivity index (χ0n) is 14.4. The van der Waals surface area contributed by atoms with E-state index in [4.69, 9.17) is 38.6 Å². The van der Waals surface area contributed by atoms with Crippen LogP contribution in [0.5, 0.6) is 11.5 Å². The lowest BCUT2D eigenvalue weighted by Gasteiger charge is -2.31. The van der Waals surface area contributed by atoms with Crippen molar-refractivity contribution in [3.63, 3.8) is 0 Å². The van der Waals surface area contributed by atoms with Crippen molar-refractivity contribution in [2.75, 3.05) is 27.3 Å². The van der Waals surface area contributed by atoms with Crippen molar-refractivity contribution in [1.29, 1.82) is 5.26 Å². The molecule has 0 unspecified atom stereocenters. The molecule has 7 nitrogen and oxygen atoms in total. The van der Waals surface area contributed by atoms with E-state index in [2.05, 4.69) is 0 Å². The number of hydrogen-bond acceptors (Lipinski definition) is 6. The van der Waals surface area contributed by atoms with E-state index in [0.717, 1.165) is 0 Å². The van der Waals surface area contributed by atoms with Gasteiger partial charge in [-0.15, -0.1) is 0 Å². The van der Waals surface area contributed by atoms with Gasteiger partial charge in [0.2, 0.25) is 0 Å². The van der Waals surface area contributed by atoms with E-state index >= 15 is 0 Å². The molecule has 0 saturated carbocycles. The fourth-order valence-electron chi connectivity index (χ4n) is 2.32. The maximum atomic E-state index is 12.4. The van der Waals surface area contributed by atoms with Gasteiger partial charge in [-0.05, 0) is 42.9 Å². The van der Waals surface area contributed by atoms with Gasteiger partial charge in [-0.2, -0.15) is 5.26 Å². The number of hydrogen-bond donors (Lipinski definition) is 0. The Balaban J connectivity index is 2.49. The van der Waals surface area contributed by atoms with E-state index in [9.17, 15) is 9.59 Å². The normalized spacial score (nSPS) is 14.4. The monoisotopic (exact) mass is 393 g/mol. The van der Waals surface area contributed by atoms with Crippen LogP contribution in [0.25, 0.3) is 6.08 Å². The average Bonchev–Trinajstić information content (AvgIpc) is 2.61. The van der Waals surface area contributed by atoms with Crippen molar-refractivity contribution >= 4 is 46.8 Å². The van der Waals surface area contributed by atoms with Gasteiger partial charge in [-0.1, -0.05) is 11.6 Å². The molecule has 26 heavy (non-hydrogen) atoms. The van der Waals surface area contributed by atoms with E-state index in [1.807, 2.05) is 6.07 Å². The van der Waals surface area contributed by atoms with Gasteiger partial charge in [-0.25, -0.2) is 0 Å². The molecule has 1 aromatic carbocycles. The number of likely N-dealkylation sites (N-methyl/N-ethyl adjacent to an activating group) is 2. The third-order valence-corrected chi connectivity index (χ3v) is 4.40. The topological polar surface area (TPSA) is 82.9 Å². The molecule has 0 spiro atoms. The standard InChI is InChI=1S/C17H16ClN3O4S/c1-4-24-13-9-10(8-12(18)14(13)25-6-5-19)7-11-15(22)20(2)17(26)21(3)16(11)23/h7-9H,4,6H2,1-3H3. The van der Waals surface area contributed by atoms with Crippen LogP contribution in [0.15, 0.2) is 17.7 Å². The first kappa shape index (κ1) is 19.7. The summed E-state index contributed by atoms with van der Waals surface area (Å²) in [4.78, 5) is 27.2. The van der Waals surface area contributed by atoms with Crippen LogP contribution in [-0.4, -0.2) is 54.0 Å². The number of nitrogens with zero attached hydrogens (tertiary/aromatic N) is 3. The number of ether oxygens (including phenoxy) is 2. The highest BCUT2D eigenvalue weighted by Gasteiger charge is 2.35. The summed E-state index contributed by atoms with van der Waals surface area (Å²) in [7, 11) is 3.00. The fraction of sp³-hybridized carbons (Fsp3) is 0.294. The van der Waals surface area contributed by atoms with Crippen LogP contribution in [0.4, 0.5) is 0 Å². The van der Waals surface area contributed by atoms with Gasteiger partial charge in [-0.3, -0.25) is 19.4 Å². The molecule has 1 aromatic rings. The molecule has 2 amide bonds. The first-order valence-corrected chi connectivity index (χ1v) is 8.38. The zero-order chi connectivity index (χ0) is 19.4. The lowest BCUT2D eigenvalue weighted by Crippen LogP contribution is -2.52. The molecular formula is C17H16ClN3O4S. The van der Waals surface area contributed by atoms with Gasteiger partial charge in [0, 0.05) is 14.1 Å². The summed E-state index contributed by atoms with van der Waals surface area (Å²) >= 11 is 11.3. The first-order chi connectivity index (χ1) is 12.3. The average molecular weight is 394 g/mol. The molecule has 1 fully saturated rings. The molecule has 0 radical (unpaired) electrons. The predicted octanol–water partition coefficient (Wildman–Crippen LogP) is 2.24. The summed E-state index contributed by atoms with van der Waals surface area (Å²) in [6.07, 6.45) is 1.42. The Morgan fingerprint density at radius 1 is 1.23 bits per heavy atom. The summed E-state index contributed by atoms with van der Waals surface area (Å²) < 4.78 is 10.8. The number of amides is 2. The molecule has 136 valence electrons. The Kier molecular flexibility index (Phi) is 6.18. The van der Waals surface area contributed by atoms with Crippen LogP contribution >= 0.6 is 23.8 Å². The minimum atomic E-state index is -0.503. The fourth-order valence-corrected chi connectivity index (χ4v) is 2.76. The molecule has 1 saturated heterocycles. The van der Waals surface area contributed by atoms with Crippen molar-refractivity contribution in [1.82, 2.24) is 9.80 Å². The highest BCUT2D eigenvalue weighted by molar-refractivity contribution is 7.80. The Bertz CT molecular complexity index is 821. The first-order valence-electron chi connectivity index (χ1n) is 7.59. The largest absolute Gasteiger partial charge is 0.490 e. The molecular weight excluding hydrogens is 378 g/mol. The number of carbonyl (C=O) groups is 2. The second kappa shape index (κ2) is 8.17. The number of nitriles is 1. The number of carbonyl (C=O) groups excluding carboxylic acids is 2. The van der Waals surface area contributed by atoms with E-state index in [0.29, 0.717) is 17.9 Å². The predicted molar refractivity (Wildman–Crippen MR) is 99.8 cm³/mol. The lowest BCUT2D eigenvalue weighted by atomic mass is 10.1. The molecule has 0 atom stereocenters. The number of thiocarbonyl (C=S) groups is 1. The number of halogens is 1. The van der Waals surface area contributed by atoms with E-state index < -0.39 is 11.8 Å². The maximum Gasteiger partial charge on any atom is 0.265 e. The van der Waals surface area contributed by atoms with Crippen LogP contribution in [0.1, 0.15) is 12.5 Å². The Morgan fingerprint density at radius 3 is 2.38 bits per heavy atom.